The zero-order valence-electron chi connectivity index (χ0n) is 12.8. The normalized spacial score (nSPS) is 11.6. The molecule has 2 aromatic carbocycles. The van der Waals surface area contributed by atoms with Crippen LogP contribution in [0.25, 0.3) is 28.5 Å². The number of nitrogens with zero attached hydrogens (tertiary/aromatic N) is 4. The third kappa shape index (κ3) is 2.96. The summed E-state index contributed by atoms with van der Waals surface area (Å²) in [6.07, 6.45) is 3.98. The van der Waals surface area contributed by atoms with Gasteiger partial charge in [-0.15, -0.1) is 10.2 Å². The fourth-order valence-electron chi connectivity index (χ4n) is 2.32. The van der Waals surface area contributed by atoms with Crippen molar-refractivity contribution < 1.29 is 0 Å². The van der Waals surface area contributed by atoms with Crippen LogP contribution in [0.3, 0.4) is 0 Å². The number of hydrogen-bond acceptors (Lipinski definition) is 4. The Labute approximate surface area is 148 Å². The minimum Gasteiger partial charge on any atom is -0.182 e. The summed E-state index contributed by atoms with van der Waals surface area (Å²) in [5.74, 6) is 0.757. The predicted octanol–water partition coefficient (Wildman–Crippen LogP) is 4.99. The second-order valence-electron chi connectivity index (χ2n) is 5.41. The molecule has 0 atom stereocenters. The number of halogens is 1. The van der Waals surface area contributed by atoms with E-state index in [1.54, 1.807) is 4.52 Å². The molecule has 4 rings (SSSR count). The highest BCUT2D eigenvalue weighted by molar-refractivity contribution is 7.17. The minimum atomic E-state index is 0.730. The fraction of sp³-hybridized carbons (Fsp3) is 0.0556. The third-order valence-corrected chi connectivity index (χ3v) is 4.72. The summed E-state index contributed by atoms with van der Waals surface area (Å²) in [5, 5.41) is 14.7. The van der Waals surface area contributed by atoms with Crippen molar-refractivity contribution in [2.24, 2.45) is 0 Å². The second kappa shape index (κ2) is 6.19. The molecule has 0 aliphatic rings. The van der Waals surface area contributed by atoms with Gasteiger partial charge < -0.3 is 0 Å². The van der Waals surface area contributed by atoms with Crippen LogP contribution in [0.5, 0.6) is 0 Å². The summed E-state index contributed by atoms with van der Waals surface area (Å²) in [4.78, 5) is 0.779. The van der Waals surface area contributed by atoms with Gasteiger partial charge in [-0.1, -0.05) is 71.0 Å². The molecule has 0 aliphatic carbocycles. The van der Waals surface area contributed by atoms with Gasteiger partial charge in [0.25, 0.3) is 0 Å². The summed E-state index contributed by atoms with van der Waals surface area (Å²) in [6, 6.07) is 15.9. The summed E-state index contributed by atoms with van der Waals surface area (Å²) in [5.41, 5.74) is 3.29. The first-order valence-corrected chi connectivity index (χ1v) is 8.61. The maximum Gasteiger partial charge on any atom is 0.235 e. The summed E-state index contributed by atoms with van der Waals surface area (Å²) in [6.45, 7) is 2.06. The molecule has 0 unspecified atom stereocenters. The van der Waals surface area contributed by atoms with Crippen LogP contribution in [0.1, 0.15) is 16.1 Å². The van der Waals surface area contributed by atoms with Crippen molar-refractivity contribution in [3.63, 3.8) is 0 Å². The molecule has 0 bridgehead atoms. The molecule has 0 amide bonds. The Bertz CT molecular complexity index is 1010. The average molecular weight is 353 g/mol. The molecule has 24 heavy (non-hydrogen) atoms. The van der Waals surface area contributed by atoms with Gasteiger partial charge in [-0.05, 0) is 30.7 Å². The number of fused-ring (bicyclic) bond motifs is 1. The molecular weight excluding hydrogens is 340 g/mol. The summed E-state index contributed by atoms with van der Waals surface area (Å²) >= 11 is 7.40. The Kier molecular flexibility index (Phi) is 3.88. The smallest absolute Gasteiger partial charge is 0.182 e. The Morgan fingerprint density at radius 1 is 0.958 bits per heavy atom. The highest BCUT2D eigenvalue weighted by atomic mass is 35.5. The van der Waals surface area contributed by atoms with Crippen LogP contribution in [0, 0.1) is 6.92 Å². The monoisotopic (exact) mass is 352 g/mol. The van der Waals surface area contributed by atoms with Crippen molar-refractivity contribution in [2.45, 2.75) is 6.92 Å². The van der Waals surface area contributed by atoms with Crippen molar-refractivity contribution in [1.82, 2.24) is 19.8 Å². The number of aromatic nitrogens is 4. The lowest BCUT2D eigenvalue weighted by Gasteiger charge is -1.97. The van der Waals surface area contributed by atoms with Gasteiger partial charge in [0.05, 0.1) is 0 Å². The zero-order chi connectivity index (χ0) is 16.5. The molecule has 2 heterocycles. The highest BCUT2D eigenvalue weighted by Crippen LogP contribution is 2.23. The van der Waals surface area contributed by atoms with E-state index in [9.17, 15) is 0 Å². The lowest BCUT2D eigenvalue weighted by Crippen LogP contribution is -1.90. The summed E-state index contributed by atoms with van der Waals surface area (Å²) in [7, 11) is 0. The SMILES string of the molecule is Cc1ccc(-c2nnc3sc(/C=C/c4ccc(Cl)cc4)nn23)cc1. The van der Waals surface area contributed by atoms with E-state index in [4.69, 9.17) is 11.6 Å². The van der Waals surface area contributed by atoms with Gasteiger partial charge >= 0.3 is 0 Å². The lowest BCUT2D eigenvalue weighted by atomic mass is 10.1. The van der Waals surface area contributed by atoms with Crippen molar-refractivity contribution in [3.8, 4) is 11.4 Å². The van der Waals surface area contributed by atoms with Crippen LogP contribution < -0.4 is 0 Å². The Morgan fingerprint density at radius 3 is 2.46 bits per heavy atom. The predicted molar refractivity (Wildman–Crippen MR) is 99.2 cm³/mol. The van der Waals surface area contributed by atoms with E-state index in [0.717, 1.165) is 31.9 Å². The van der Waals surface area contributed by atoms with Crippen molar-refractivity contribution in [1.29, 1.82) is 0 Å². The van der Waals surface area contributed by atoms with E-state index in [0.29, 0.717) is 0 Å². The van der Waals surface area contributed by atoms with Gasteiger partial charge in [-0.25, -0.2) is 0 Å². The Balaban J connectivity index is 1.66. The van der Waals surface area contributed by atoms with Gasteiger partial charge in [-0.2, -0.15) is 9.61 Å². The molecule has 0 radical (unpaired) electrons. The lowest BCUT2D eigenvalue weighted by molar-refractivity contribution is 0.959. The van der Waals surface area contributed by atoms with E-state index in [2.05, 4.69) is 34.4 Å². The van der Waals surface area contributed by atoms with Crippen LogP contribution in [-0.2, 0) is 0 Å². The number of aryl methyl sites for hydroxylation is 1. The molecule has 0 spiro atoms. The molecular formula is C18H13ClN4S. The highest BCUT2D eigenvalue weighted by Gasteiger charge is 2.12. The van der Waals surface area contributed by atoms with Gasteiger partial charge in [0.15, 0.2) is 5.82 Å². The maximum absolute atomic E-state index is 5.90. The van der Waals surface area contributed by atoms with E-state index >= 15 is 0 Å². The Morgan fingerprint density at radius 2 is 1.71 bits per heavy atom. The average Bonchev–Trinajstić information content (AvgIpc) is 3.15. The number of hydrogen-bond donors (Lipinski definition) is 0. The zero-order valence-corrected chi connectivity index (χ0v) is 14.4. The van der Waals surface area contributed by atoms with Crippen LogP contribution in [-0.4, -0.2) is 19.8 Å². The molecule has 4 nitrogen and oxygen atoms in total. The fourth-order valence-corrected chi connectivity index (χ4v) is 3.19. The number of rotatable bonds is 3. The maximum atomic E-state index is 5.90. The van der Waals surface area contributed by atoms with Gasteiger partial charge in [0, 0.05) is 10.6 Å². The minimum absolute atomic E-state index is 0.730. The first kappa shape index (κ1) is 15.1. The molecule has 0 saturated heterocycles. The molecule has 6 heteroatoms. The second-order valence-corrected chi connectivity index (χ2v) is 6.83. The first-order valence-electron chi connectivity index (χ1n) is 7.42. The van der Waals surface area contributed by atoms with Crippen molar-refractivity contribution in [2.75, 3.05) is 0 Å². The van der Waals surface area contributed by atoms with Gasteiger partial charge in [0.1, 0.15) is 5.01 Å². The van der Waals surface area contributed by atoms with Crippen LogP contribution in [0.2, 0.25) is 5.02 Å². The largest absolute Gasteiger partial charge is 0.235 e. The van der Waals surface area contributed by atoms with Crippen LogP contribution in [0.4, 0.5) is 0 Å². The molecule has 118 valence electrons. The third-order valence-electron chi connectivity index (χ3n) is 3.60. The van der Waals surface area contributed by atoms with Gasteiger partial charge in [-0.3, -0.25) is 0 Å². The number of benzene rings is 2. The van der Waals surface area contributed by atoms with E-state index < -0.39 is 0 Å². The molecule has 0 saturated carbocycles. The van der Waals surface area contributed by atoms with Crippen molar-refractivity contribution in [3.05, 3.63) is 69.7 Å². The molecule has 2 aromatic heterocycles. The summed E-state index contributed by atoms with van der Waals surface area (Å²) < 4.78 is 1.79. The van der Waals surface area contributed by atoms with Crippen LogP contribution in [0.15, 0.2) is 48.5 Å². The quantitative estimate of drug-likeness (QED) is 0.522. The Hall–Kier alpha value is -2.50. The van der Waals surface area contributed by atoms with E-state index in [1.807, 2.05) is 48.6 Å². The standard InChI is InChI=1S/C18H13ClN4S/c1-12-2-7-14(8-3-12)17-20-21-18-23(17)22-16(24-18)11-6-13-4-9-15(19)10-5-13/h2-11H,1H3/b11-6+. The van der Waals surface area contributed by atoms with Gasteiger partial charge in [0.2, 0.25) is 4.96 Å². The molecule has 0 aliphatic heterocycles. The first-order chi connectivity index (χ1) is 11.7. The topological polar surface area (TPSA) is 43.1 Å². The van der Waals surface area contributed by atoms with E-state index in [1.165, 1.54) is 16.9 Å². The molecule has 0 N–H and O–H groups in total. The molecule has 4 aromatic rings. The molecule has 0 fully saturated rings. The van der Waals surface area contributed by atoms with Crippen LogP contribution >= 0.6 is 22.9 Å². The van der Waals surface area contributed by atoms with E-state index in [-0.39, 0.29) is 0 Å². The van der Waals surface area contributed by atoms with Crippen molar-refractivity contribution >= 4 is 40.1 Å².